The first kappa shape index (κ1) is 8.39. The van der Waals surface area contributed by atoms with Gasteiger partial charge in [-0.2, -0.15) is 0 Å². The zero-order valence-corrected chi connectivity index (χ0v) is 7.32. The first-order chi connectivity index (χ1) is 3.62. The predicted molar refractivity (Wildman–Crippen MR) is 42.3 cm³/mol. The Kier molecular flexibility index (Phi) is 3.59. The van der Waals surface area contributed by atoms with Crippen LogP contribution in [0, 0.1) is 0 Å². The first-order valence-corrected chi connectivity index (χ1v) is 6.29. The Bertz CT molecular complexity index is 61.5. The van der Waals surface area contributed by atoms with E-state index < -0.39 is 7.49 Å². The van der Waals surface area contributed by atoms with E-state index in [1.807, 2.05) is 7.11 Å². The summed E-state index contributed by atoms with van der Waals surface area (Å²) in [4.78, 5) is 0. The van der Waals surface area contributed by atoms with E-state index in [4.69, 9.17) is 4.52 Å². The second-order valence-electron chi connectivity index (χ2n) is 2.71. The second-order valence-corrected chi connectivity index (χ2v) is 7.14. The van der Waals surface area contributed by atoms with Crippen LogP contribution in [0.25, 0.3) is 0 Å². The topological polar surface area (TPSA) is 9.23 Å². The molecule has 0 aliphatic carbocycles. The Morgan fingerprint density at radius 3 is 2.00 bits per heavy atom. The molecule has 0 fully saturated rings. The second kappa shape index (κ2) is 3.42. The average Bonchev–Trinajstić information content (AvgIpc) is 1.67. The number of hydrogen-bond acceptors (Lipinski definition) is 1. The van der Waals surface area contributed by atoms with Crippen molar-refractivity contribution in [3.05, 3.63) is 0 Å². The molecule has 52 valence electrons. The van der Waals surface area contributed by atoms with Gasteiger partial charge in [-0.05, 0) is 0 Å². The summed E-state index contributed by atoms with van der Waals surface area (Å²) < 4.78 is 5.32. The molecule has 1 nitrogen and oxygen atoms in total. The zero-order chi connectivity index (χ0) is 6.62. The van der Waals surface area contributed by atoms with Gasteiger partial charge in [-0.3, -0.25) is 0 Å². The summed E-state index contributed by atoms with van der Waals surface area (Å²) in [6.45, 7) is 6.70. The average molecular weight is 136 g/mol. The molecule has 0 saturated carbocycles. The third-order valence-corrected chi connectivity index (χ3v) is 4.21. The molecule has 0 amide bonds. The van der Waals surface area contributed by atoms with Crippen molar-refractivity contribution in [1.82, 2.24) is 0 Å². The molecule has 0 aromatic rings. The van der Waals surface area contributed by atoms with Crippen LogP contribution < -0.4 is 0 Å². The monoisotopic (exact) mass is 136 g/mol. The van der Waals surface area contributed by atoms with Crippen molar-refractivity contribution >= 4 is 7.49 Å². The van der Waals surface area contributed by atoms with Crippen molar-refractivity contribution in [1.29, 1.82) is 0 Å². The molecular formula is C6H17OP. The fraction of sp³-hybridized carbons (Fsp3) is 1.00. The van der Waals surface area contributed by atoms with Gasteiger partial charge in [0.15, 0.2) is 0 Å². The van der Waals surface area contributed by atoms with E-state index >= 15 is 0 Å². The number of hydrogen-bond donors (Lipinski definition) is 0. The number of rotatable bonds is 3. The summed E-state index contributed by atoms with van der Waals surface area (Å²) in [5.41, 5.74) is 0. The fourth-order valence-corrected chi connectivity index (χ4v) is 2.11. The van der Waals surface area contributed by atoms with Crippen LogP contribution in [0.15, 0.2) is 0 Å². The maximum absolute atomic E-state index is 5.32. The van der Waals surface area contributed by atoms with E-state index in [0.717, 1.165) is 0 Å². The van der Waals surface area contributed by atoms with Gasteiger partial charge in [0.1, 0.15) is 0 Å². The molecule has 0 unspecified atom stereocenters. The summed E-state index contributed by atoms with van der Waals surface area (Å²) in [6, 6.07) is 0. The van der Waals surface area contributed by atoms with Gasteiger partial charge in [0, 0.05) is 0 Å². The van der Waals surface area contributed by atoms with Gasteiger partial charge < -0.3 is 0 Å². The molecule has 0 aliphatic rings. The maximum atomic E-state index is 5.32. The summed E-state index contributed by atoms with van der Waals surface area (Å²) in [5, 5.41) is 0. The van der Waals surface area contributed by atoms with Crippen LogP contribution in [0.2, 0.25) is 0 Å². The van der Waals surface area contributed by atoms with Crippen LogP contribution in [-0.2, 0) is 4.52 Å². The summed E-state index contributed by atoms with van der Waals surface area (Å²) in [5.74, 6) is 0. The van der Waals surface area contributed by atoms with Gasteiger partial charge in [0.25, 0.3) is 0 Å². The van der Waals surface area contributed by atoms with Crippen LogP contribution in [0.3, 0.4) is 0 Å². The normalized spacial score (nSPS) is 14.0. The Hall–Kier alpha value is 0.390. The first-order valence-electron chi connectivity index (χ1n) is 3.17. The molecule has 8 heavy (non-hydrogen) atoms. The van der Waals surface area contributed by atoms with Gasteiger partial charge in [0.2, 0.25) is 0 Å². The molecule has 0 saturated heterocycles. The van der Waals surface area contributed by atoms with Crippen LogP contribution in [0.1, 0.15) is 13.3 Å². The van der Waals surface area contributed by atoms with Crippen molar-refractivity contribution in [3.63, 3.8) is 0 Å². The molecule has 0 bridgehead atoms. The Balaban J connectivity index is 3.37. The third-order valence-electron chi connectivity index (χ3n) is 1.40. The zero-order valence-electron chi connectivity index (χ0n) is 6.32. The molecule has 0 aromatic heterocycles. The Morgan fingerprint density at radius 2 is 1.88 bits per heavy atom. The van der Waals surface area contributed by atoms with Gasteiger partial charge in [-0.1, -0.05) is 0 Å². The molecule has 0 aliphatic heterocycles. The quantitative estimate of drug-likeness (QED) is 0.539. The summed E-state index contributed by atoms with van der Waals surface area (Å²) in [6.07, 6.45) is 2.54. The minimum atomic E-state index is -1.18. The third kappa shape index (κ3) is 3.40. The van der Waals surface area contributed by atoms with E-state index in [0.29, 0.717) is 0 Å². The molecule has 0 spiro atoms. The van der Waals surface area contributed by atoms with E-state index in [9.17, 15) is 0 Å². The SMILES string of the molecule is CCC[PH](C)(C)OC. The molecule has 2 heteroatoms. The molecule has 0 heterocycles. The van der Waals surface area contributed by atoms with Gasteiger partial charge in [-0.25, -0.2) is 0 Å². The van der Waals surface area contributed by atoms with Crippen LogP contribution in [-0.4, -0.2) is 26.6 Å². The van der Waals surface area contributed by atoms with E-state index in [1.54, 1.807) is 0 Å². The molecule has 0 atom stereocenters. The van der Waals surface area contributed by atoms with Gasteiger partial charge >= 0.3 is 52.0 Å². The molecule has 0 aromatic carbocycles. The van der Waals surface area contributed by atoms with Crippen molar-refractivity contribution < 1.29 is 4.52 Å². The van der Waals surface area contributed by atoms with Gasteiger partial charge in [-0.15, -0.1) is 0 Å². The summed E-state index contributed by atoms with van der Waals surface area (Å²) >= 11 is 0. The van der Waals surface area contributed by atoms with Crippen LogP contribution >= 0.6 is 7.49 Å². The molecule has 0 rings (SSSR count). The standard InChI is InChI=1S/C6H17OP/c1-5-6-8(3,4)7-2/h8H,5-6H2,1-4H3. The molecule has 0 N–H and O–H groups in total. The van der Waals surface area contributed by atoms with Crippen LogP contribution in [0.4, 0.5) is 0 Å². The van der Waals surface area contributed by atoms with Gasteiger partial charge in [0.05, 0.1) is 0 Å². The van der Waals surface area contributed by atoms with Crippen LogP contribution in [0.5, 0.6) is 0 Å². The Labute approximate surface area is 52.8 Å². The molecular weight excluding hydrogens is 119 g/mol. The van der Waals surface area contributed by atoms with E-state index in [-0.39, 0.29) is 0 Å². The summed E-state index contributed by atoms with van der Waals surface area (Å²) in [7, 11) is 0.644. The Morgan fingerprint density at radius 1 is 1.38 bits per heavy atom. The van der Waals surface area contributed by atoms with Crippen molar-refractivity contribution in [2.75, 3.05) is 26.6 Å². The fourth-order valence-electron chi connectivity index (χ4n) is 0.704. The van der Waals surface area contributed by atoms with E-state index in [2.05, 4.69) is 20.3 Å². The minimum absolute atomic E-state index is 1.18. The predicted octanol–water partition coefficient (Wildman–Crippen LogP) is 1.97. The van der Waals surface area contributed by atoms with Crippen molar-refractivity contribution in [2.24, 2.45) is 0 Å². The van der Waals surface area contributed by atoms with Crippen molar-refractivity contribution in [3.8, 4) is 0 Å². The van der Waals surface area contributed by atoms with Crippen molar-refractivity contribution in [2.45, 2.75) is 13.3 Å². The molecule has 0 radical (unpaired) electrons. The van der Waals surface area contributed by atoms with E-state index in [1.165, 1.54) is 12.6 Å².